The first kappa shape index (κ1) is 21.2. The molecule has 150 valence electrons. The number of alkyl halides is 6. The van der Waals surface area contributed by atoms with E-state index in [4.69, 9.17) is 15.6 Å². The lowest BCUT2D eigenvalue weighted by atomic mass is 10.2. The van der Waals surface area contributed by atoms with Gasteiger partial charge in [-0.05, 0) is 36.4 Å². The zero-order valence-corrected chi connectivity index (χ0v) is 13.8. The summed E-state index contributed by atoms with van der Waals surface area (Å²) in [6.07, 6.45) is -7.81. The molecule has 0 spiro atoms. The predicted octanol–water partition coefficient (Wildman–Crippen LogP) is 3.53. The monoisotopic (exact) mass is 406 g/mol. The molecule has 0 aliphatic carbocycles. The Morgan fingerprint density at radius 2 is 1.64 bits per heavy atom. The molecule has 6 nitrogen and oxygen atoms in total. The first-order valence-corrected chi connectivity index (χ1v) is 7.45. The van der Waals surface area contributed by atoms with Gasteiger partial charge in [-0.3, -0.25) is 4.98 Å². The van der Waals surface area contributed by atoms with E-state index in [0.717, 1.165) is 12.1 Å². The van der Waals surface area contributed by atoms with Gasteiger partial charge in [0.25, 0.3) is 0 Å². The largest absolute Gasteiger partial charge is 0.490 e. The topological polar surface area (TPSA) is 94.0 Å². The third-order valence-corrected chi connectivity index (χ3v) is 3.38. The Kier molecular flexibility index (Phi) is 5.92. The number of pyridine rings is 1. The molecule has 3 N–H and O–H groups in total. The van der Waals surface area contributed by atoms with Crippen LogP contribution in [0.4, 0.5) is 26.3 Å². The van der Waals surface area contributed by atoms with Crippen molar-refractivity contribution in [3.63, 3.8) is 0 Å². The van der Waals surface area contributed by atoms with Gasteiger partial charge in [0.1, 0.15) is 11.2 Å². The van der Waals surface area contributed by atoms with Gasteiger partial charge < -0.3 is 10.8 Å². The van der Waals surface area contributed by atoms with Crippen molar-refractivity contribution in [2.24, 2.45) is 5.73 Å². The Labute approximate surface area is 153 Å². The van der Waals surface area contributed by atoms with E-state index in [1.807, 2.05) is 0 Å². The molecular formula is C16H12F6N4O2. The smallest absolute Gasteiger partial charge is 0.475 e. The van der Waals surface area contributed by atoms with E-state index < -0.39 is 23.9 Å². The second-order valence-corrected chi connectivity index (χ2v) is 5.28. The molecule has 0 atom stereocenters. The maximum atomic E-state index is 12.6. The normalized spacial score (nSPS) is 11.8. The Morgan fingerprint density at radius 3 is 2.11 bits per heavy atom. The standard InChI is InChI=1S/C14H11F3N4.C2HF3O2/c15-14(16,17)9-3-5-10(6-4-9)21-12-2-1-7-19-13(12)11(8-18)20-21;3-2(4,5)1(6)7/h1-7H,8,18H2;(H,6,7). The van der Waals surface area contributed by atoms with Crippen molar-refractivity contribution in [3.05, 3.63) is 53.9 Å². The molecule has 0 unspecified atom stereocenters. The van der Waals surface area contributed by atoms with Gasteiger partial charge in [-0.2, -0.15) is 31.4 Å². The number of carbonyl (C=O) groups is 1. The number of rotatable bonds is 2. The summed E-state index contributed by atoms with van der Waals surface area (Å²) in [7, 11) is 0. The van der Waals surface area contributed by atoms with Crippen LogP contribution in [0, 0.1) is 0 Å². The molecule has 12 heteroatoms. The summed E-state index contributed by atoms with van der Waals surface area (Å²) in [5, 5.41) is 11.4. The van der Waals surface area contributed by atoms with E-state index in [2.05, 4.69) is 10.1 Å². The van der Waals surface area contributed by atoms with E-state index in [1.54, 1.807) is 23.0 Å². The number of aliphatic carboxylic acids is 1. The molecule has 0 radical (unpaired) electrons. The lowest BCUT2D eigenvalue weighted by molar-refractivity contribution is -0.192. The van der Waals surface area contributed by atoms with Gasteiger partial charge in [0.2, 0.25) is 0 Å². The average molecular weight is 406 g/mol. The molecule has 0 aliphatic heterocycles. The van der Waals surface area contributed by atoms with Gasteiger partial charge in [-0.1, -0.05) is 0 Å². The van der Waals surface area contributed by atoms with E-state index in [-0.39, 0.29) is 6.54 Å². The van der Waals surface area contributed by atoms with Crippen LogP contribution in [0.2, 0.25) is 0 Å². The van der Waals surface area contributed by atoms with Crippen LogP contribution in [0.3, 0.4) is 0 Å². The van der Waals surface area contributed by atoms with Gasteiger partial charge in [0.15, 0.2) is 0 Å². The number of nitrogens with zero attached hydrogens (tertiary/aromatic N) is 3. The van der Waals surface area contributed by atoms with Crippen LogP contribution in [0.15, 0.2) is 42.6 Å². The fraction of sp³-hybridized carbons (Fsp3) is 0.188. The van der Waals surface area contributed by atoms with Crippen molar-refractivity contribution in [2.45, 2.75) is 18.9 Å². The molecule has 3 aromatic rings. The van der Waals surface area contributed by atoms with E-state index in [1.165, 1.54) is 12.1 Å². The number of aromatic nitrogens is 3. The van der Waals surface area contributed by atoms with Gasteiger partial charge in [-0.15, -0.1) is 0 Å². The van der Waals surface area contributed by atoms with Gasteiger partial charge in [0, 0.05) is 12.7 Å². The Hall–Kier alpha value is -3.15. The maximum absolute atomic E-state index is 12.6. The summed E-state index contributed by atoms with van der Waals surface area (Å²) in [5.74, 6) is -2.76. The second-order valence-electron chi connectivity index (χ2n) is 5.28. The highest BCUT2D eigenvalue weighted by Gasteiger charge is 2.38. The van der Waals surface area contributed by atoms with E-state index >= 15 is 0 Å². The Bertz CT molecular complexity index is 964. The van der Waals surface area contributed by atoms with Crippen molar-refractivity contribution in [1.82, 2.24) is 14.8 Å². The lowest BCUT2D eigenvalue weighted by Gasteiger charge is -2.08. The summed E-state index contributed by atoms with van der Waals surface area (Å²) in [5.41, 5.74) is 7.42. The van der Waals surface area contributed by atoms with E-state index in [0.29, 0.717) is 22.4 Å². The molecule has 3 rings (SSSR count). The summed E-state index contributed by atoms with van der Waals surface area (Å²) in [4.78, 5) is 13.1. The first-order valence-electron chi connectivity index (χ1n) is 7.45. The van der Waals surface area contributed by atoms with Gasteiger partial charge in [-0.25, -0.2) is 9.48 Å². The maximum Gasteiger partial charge on any atom is 0.490 e. The van der Waals surface area contributed by atoms with Gasteiger partial charge >= 0.3 is 18.3 Å². The Morgan fingerprint density at radius 1 is 1.07 bits per heavy atom. The van der Waals surface area contributed by atoms with Crippen LogP contribution in [-0.4, -0.2) is 32.0 Å². The SMILES string of the molecule is NCc1nn(-c2ccc(C(F)(F)F)cc2)c2cccnc12.O=C(O)C(F)(F)F. The third kappa shape index (κ3) is 4.76. The minimum absolute atomic E-state index is 0.209. The average Bonchev–Trinajstić information content (AvgIpc) is 3.00. The number of hydrogen-bond acceptors (Lipinski definition) is 4. The number of hydrogen-bond donors (Lipinski definition) is 2. The molecule has 0 amide bonds. The summed E-state index contributed by atoms with van der Waals surface area (Å²) in [6.45, 7) is 0.209. The number of carboxylic acid groups (broad SMARTS) is 1. The molecular weight excluding hydrogens is 394 g/mol. The third-order valence-electron chi connectivity index (χ3n) is 3.38. The van der Waals surface area contributed by atoms with E-state index in [9.17, 15) is 26.3 Å². The van der Waals surface area contributed by atoms with Crippen LogP contribution in [0.5, 0.6) is 0 Å². The summed E-state index contributed by atoms with van der Waals surface area (Å²) in [6, 6.07) is 8.35. The van der Waals surface area contributed by atoms with Crippen LogP contribution in [0.1, 0.15) is 11.3 Å². The first-order chi connectivity index (χ1) is 12.9. The molecule has 1 aromatic carbocycles. The molecule has 2 heterocycles. The zero-order valence-electron chi connectivity index (χ0n) is 13.8. The molecule has 0 saturated carbocycles. The predicted molar refractivity (Wildman–Crippen MR) is 85.4 cm³/mol. The highest BCUT2D eigenvalue weighted by molar-refractivity contribution is 5.79. The number of carboxylic acids is 1. The van der Waals surface area contributed by atoms with Gasteiger partial charge in [0.05, 0.1) is 16.8 Å². The summed E-state index contributed by atoms with van der Waals surface area (Å²) >= 11 is 0. The molecule has 28 heavy (non-hydrogen) atoms. The van der Waals surface area contributed by atoms with Crippen molar-refractivity contribution >= 4 is 17.0 Å². The highest BCUT2D eigenvalue weighted by Crippen LogP contribution is 2.30. The molecule has 0 saturated heterocycles. The van der Waals surface area contributed by atoms with Crippen LogP contribution < -0.4 is 5.73 Å². The molecule has 0 bridgehead atoms. The van der Waals surface area contributed by atoms with Crippen LogP contribution in [-0.2, 0) is 17.5 Å². The molecule has 0 fully saturated rings. The summed E-state index contributed by atoms with van der Waals surface area (Å²) < 4.78 is 71.0. The second kappa shape index (κ2) is 7.84. The fourth-order valence-electron chi connectivity index (χ4n) is 2.14. The number of fused-ring (bicyclic) bond motifs is 1. The van der Waals surface area contributed by atoms with Crippen molar-refractivity contribution in [2.75, 3.05) is 0 Å². The van der Waals surface area contributed by atoms with Crippen molar-refractivity contribution in [1.29, 1.82) is 0 Å². The number of nitrogens with two attached hydrogens (primary N) is 1. The zero-order chi connectivity index (χ0) is 21.1. The quantitative estimate of drug-likeness (QED) is 0.635. The minimum atomic E-state index is -5.08. The van der Waals surface area contributed by atoms with Crippen molar-refractivity contribution in [3.8, 4) is 5.69 Å². The Balaban J connectivity index is 0.000000345. The molecule has 0 aliphatic rings. The minimum Gasteiger partial charge on any atom is -0.475 e. The van der Waals surface area contributed by atoms with Crippen molar-refractivity contribution < 1.29 is 36.2 Å². The number of halogens is 6. The van der Waals surface area contributed by atoms with Crippen LogP contribution in [0.25, 0.3) is 16.7 Å². The highest BCUT2D eigenvalue weighted by atomic mass is 19.4. The van der Waals surface area contributed by atoms with Crippen LogP contribution >= 0.6 is 0 Å². The number of benzene rings is 1. The lowest BCUT2D eigenvalue weighted by Crippen LogP contribution is -2.21. The molecule has 2 aromatic heterocycles. The fourth-order valence-corrected chi connectivity index (χ4v) is 2.14.